The van der Waals surface area contributed by atoms with Crippen molar-refractivity contribution in [2.75, 3.05) is 20.3 Å². The van der Waals surface area contributed by atoms with Gasteiger partial charge in [-0.2, -0.15) is 0 Å². The number of hydrogen-bond donors (Lipinski definition) is 1. The molecular formula is C12H24N2OS. The number of nitrogens with one attached hydrogen (secondary N) is 1. The molecule has 1 rings (SSSR count). The molecule has 1 N–H and O–H groups in total. The lowest BCUT2D eigenvalue weighted by molar-refractivity contribution is 0.156. The van der Waals surface area contributed by atoms with E-state index in [4.69, 9.17) is 4.74 Å². The fourth-order valence-electron chi connectivity index (χ4n) is 1.71. The zero-order valence-electron chi connectivity index (χ0n) is 10.8. The van der Waals surface area contributed by atoms with Gasteiger partial charge in [0.2, 0.25) is 0 Å². The lowest BCUT2D eigenvalue weighted by Crippen LogP contribution is -2.40. The first-order valence-corrected chi connectivity index (χ1v) is 7.01. The number of thioether (sulfide) groups is 1. The van der Waals surface area contributed by atoms with Crippen LogP contribution in [0.25, 0.3) is 0 Å². The number of ether oxygens (including phenoxy) is 1. The highest BCUT2D eigenvalue weighted by Crippen LogP contribution is 2.24. The van der Waals surface area contributed by atoms with Gasteiger partial charge in [-0.3, -0.25) is 4.99 Å². The molecule has 1 aliphatic heterocycles. The van der Waals surface area contributed by atoms with Gasteiger partial charge in [0.25, 0.3) is 0 Å². The van der Waals surface area contributed by atoms with Crippen LogP contribution in [-0.2, 0) is 4.74 Å². The maximum Gasteiger partial charge on any atom is 0.157 e. The molecule has 0 bridgehead atoms. The van der Waals surface area contributed by atoms with Crippen LogP contribution in [0, 0.1) is 5.92 Å². The predicted molar refractivity (Wildman–Crippen MR) is 72.2 cm³/mol. The molecule has 0 saturated carbocycles. The molecule has 0 amide bonds. The van der Waals surface area contributed by atoms with Gasteiger partial charge in [0, 0.05) is 12.4 Å². The standard InChI is InChI=1S/C12H24N2OS/c1-5-6-10-7-13-12(16-10)14-11(8-15-4)9(2)3/h9-11H,5-8H2,1-4H3,(H,13,14). The lowest BCUT2D eigenvalue weighted by Gasteiger charge is -2.22. The molecular weight excluding hydrogens is 220 g/mol. The number of nitrogens with zero attached hydrogens (tertiary/aromatic N) is 1. The zero-order chi connectivity index (χ0) is 12.0. The van der Waals surface area contributed by atoms with Crippen LogP contribution in [0.15, 0.2) is 4.99 Å². The van der Waals surface area contributed by atoms with Crippen LogP contribution in [-0.4, -0.2) is 36.7 Å². The minimum absolute atomic E-state index is 0.372. The number of amidine groups is 1. The second-order valence-electron chi connectivity index (χ2n) is 4.62. The van der Waals surface area contributed by atoms with Crippen molar-refractivity contribution in [2.24, 2.45) is 10.9 Å². The Morgan fingerprint density at radius 2 is 2.31 bits per heavy atom. The Kier molecular flexibility index (Phi) is 6.21. The zero-order valence-corrected chi connectivity index (χ0v) is 11.6. The summed E-state index contributed by atoms with van der Waals surface area (Å²) in [6.45, 7) is 8.36. The normalized spacial score (nSPS) is 22.3. The second-order valence-corrected chi connectivity index (χ2v) is 5.91. The van der Waals surface area contributed by atoms with Crippen molar-refractivity contribution in [3.63, 3.8) is 0 Å². The first kappa shape index (κ1) is 13.8. The minimum atomic E-state index is 0.372. The van der Waals surface area contributed by atoms with Gasteiger partial charge in [0.05, 0.1) is 19.2 Å². The summed E-state index contributed by atoms with van der Waals surface area (Å²) in [5, 5.41) is 5.28. The van der Waals surface area contributed by atoms with Gasteiger partial charge in [0.15, 0.2) is 5.17 Å². The van der Waals surface area contributed by atoms with Crippen LogP contribution in [0.4, 0.5) is 0 Å². The van der Waals surface area contributed by atoms with E-state index in [1.165, 1.54) is 12.8 Å². The molecule has 94 valence electrons. The summed E-state index contributed by atoms with van der Waals surface area (Å²) in [6, 6.07) is 0.372. The van der Waals surface area contributed by atoms with Crippen molar-refractivity contribution >= 4 is 16.9 Å². The van der Waals surface area contributed by atoms with Crippen LogP contribution >= 0.6 is 11.8 Å². The molecule has 1 heterocycles. The average molecular weight is 244 g/mol. The third-order valence-electron chi connectivity index (χ3n) is 2.79. The molecule has 0 fully saturated rings. The largest absolute Gasteiger partial charge is 0.383 e. The molecule has 0 spiro atoms. The highest BCUT2D eigenvalue weighted by Gasteiger charge is 2.22. The van der Waals surface area contributed by atoms with Crippen LogP contribution in [0.1, 0.15) is 33.6 Å². The van der Waals surface area contributed by atoms with Crippen LogP contribution in [0.5, 0.6) is 0 Å². The fourth-order valence-corrected chi connectivity index (χ4v) is 2.89. The Morgan fingerprint density at radius 1 is 1.56 bits per heavy atom. The van der Waals surface area contributed by atoms with E-state index in [0.717, 1.165) is 18.3 Å². The number of methoxy groups -OCH3 is 1. The number of aliphatic imine (C=N–C) groups is 1. The lowest BCUT2D eigenvalue weighted by atomic mass is 10.1. The SMILES string of the molecule is CCCC1CN=C(NC(COC)C(C)C)S1. The first-order valence-electron chi connectivity index (χ1n) is 6.14. The molecule has 3 nitrogen and oxygen atoms in total. The number of hydrogen-bond acceptors (Lipinski definition) is 4. The summed E-state index contributed by atoms with van der Waals surface area (Å²) in [6.07, 6.45) is 2.50. The molecule has 0 saturated heterocycles. The van der Waals surface area contributed by atoms with Gasteiger partial charge in [-0.1, -0.05) is 39.0 Å². The Morgan fingerprint density at radius 3 is 2.88 bits per heavy atom. The van der Waals surface area contributed by atoms with Gasteiger partial charge >= 0.3 is 0 Å². The van der Waals surface area contributed by atoms with Crippen molar-refractivity contribution in [3.05, 3.63) is 0 Å². The fraction of sp³-hybridized carbons (Fsp3) is 0.917. The molecule has 2 unspecified atom stereocenters. The van der Waals surface area contributed by atoms with Crippen LogP contribution in [0.3, 0.4) is 0 Å². The Bertz CT molecular complexity index is 231. The van der Waals surface area contributed by atoms with E-state index in [1.54, 1.807) is 7.11 Å². The second kappa shape index (κ2) is 7.17. The molecule has 0 aromatic carbocycles. The van der Waals surface area contributed by atoms with Crippen molar-refractivity contribution < 1.29 is 4.74 Å². The molecule has 0 radical (unpaired) electrons. The first-order chi connectivity index (χ1) is 7.67. The summed E-state index contributed by atoms with van der Waals surface area (Å²) >= 11 is 1.89. The third-order valence-corrected chi connectivity index (χ3v) is 3.98. The monoisotopic (exact) mass is 244 g/mol. The Hall–Kier alpha value is -0.220. The van der Waals surface area contributed by atoms with E-state index in [2.05, 4.69) is 31.1 Å². The maximum absolute atomic E-state index is 5.22. The van der Waals surface area contributed by atoms with E-state index in [0.29, 0.717) is 17.2 Å². The summed E-state index contributed by atoms with van der Waals surface area (Å²) in [5.41, 5.74) is 0. The van der Waals surface area contributed by atoms with E-state index >= 15 is 0 Å². The molecule has 2 atom stereocenters. The summed E-state index contributed by atoms with van der Waals surface area (Å²) in [5.74, 6) is 0.563. The van der Waals surface area contributed by atoms with Crippen molar-refractivity contribution in [1.29, 1.82) is 0 Å². The Balaban J connectivity index is 2.36. The van der Waals surface area contributed by atoms with Crippen LogP contribution < -0.4 is 5.32 Å². The number of rotatable bonds is 6. The molecule has 16 heavy (non-hydrogen) atoms. The highest BCUT2D eigenvalue weighted by atomic mass is 32.2. The molecule has 4 heteroatoms. The van der Waals surface area contributed by atoms with Crippen LogP contribution in [0.2, 0.25) is 0 Å². The third kappa shape index (κ3) is 4.34. The van der Waals surface area contributed by atoms with Gasteiger partial charge in [-0.25, -0.2) is 0 Å². The summed E-state index contributed by atoms with van der Waals surface area (Å²) < 4.78 is 5.22. The topological polar surface area (TPSA) is 33.6 Å². The molecule has 0 aromatic heterocycles. The van der Waals surface area contributed by atoms with Gasteiger partial charge in [-0.15, -0.1) is 0 Å². The van der Waals surface area contributed by atoms with E-state index in [-0.39, 0.29) is 0 Å². The average Bonchev–Trinajstić information content (AvgIpc) is 2.65. The quantitative estimate of drug-likeness (QED) is 0.779. The smallest absolute Gasteiger partial charge is 0.157 e. The van der Waals surface area contributed by atoms with Crippen molar-refractivity contribution in [1.82, 2.24) is 5.32 Å². The van der Waals surface area contributed by atoms with Gasteiger partial charge in [-0.05, 0) is 12.3 Å². The highest BCUT2D eigenvalue weighted by molar-refractivity contribution is 8.14. The maximum atomic E-state index is 5.22. The summed E-state index contributed by atoms with van der Waals surface area (Å²) in [7, 11) is 1.75. The van der Waals surface area contributed by atoms with E-state index < -0.39 is 0 Å². The summed E-state index contributed by atoms with van der Waals surface area (Å²) in [4.78, 5) is 4.55. The molecule has 1 aliphatic rings. The van der Waals surface area contributed by atoms with Crippen molar-refractivity contribution in [3.8, 4) is 0 Å². The molecule has 0 aliphatic carbocycles. The van der Waals surface area contributed by atoms with Gasteiger partial charge in [0.1, 0.15) is 0 Å². The molecule has 0 aromatic rings. The minimum Gasteiger partial charge on any atom is -0.383 e. The van der Waals surface area contributed by atoms with E-state index in [9.17, 15) is 0 Å². The van der Waals surface area contributed by atoms with E-state index in [1.807, 2.05) is 11.8 Å². The van der Waals surface area contributed by atoms with Crippen molar-refractivity contribution in [2.45, 2.75) is 44.9 Å². The van der Waals surface area contributed by atoms with Gasteiger partial charge < -0.3 is 10.1 Å². The predicted octanol–water partition coefficient (Wildman–Crippen LogP) is 2.52. The Labute approximate surface area is 103 Å².